The summed E-state index contributed by atoms with van der Waals surface area (Å²) in [5.41, 5.74) is 1.10. The van der Waals surface area contributed by atoms with E-state index in [2.05, 4.69) is 0 Å². The van der Waals surface area contributed by atoms with Gasteiger partial charge in [0.15, 0.2) is 11.5 Å². The number of ether oxygens (including phenoxy) is 3. The molecule has 0 aromatic heterocycles. The Bertz CT molecular complexity index is 645. The van der Waals surface area contributed by atoms with Crippen molar-refractivity contribution in [1.29, 1.82) is 0 Å². The fraction of sp³-hybridized carbons (Fsp3) is 0.619. The Hall–Kier alpha value is -2.24. The topological polar surface area (TPSA) is 65.1 Å². The number of rotatable bonds is 9. The van der Waals surface area contributed by atoms with E-state index in [0.717, 1.165) is 24.8 Å². The Morgan fingerprint density at radius 1 is 1.19 bits per heavy atom. The summed E-state index contributed by atoms with van der Waals surface area (Å²) in [6.07, 6.45) is 2.68. The summed E-state index contributed by atoms with van der Waals surface area (Å²) in [5, 5.41) is 0. The second-order valence-electron chi connectivity index (χ2n) is 6.84. The number of amides is 1. The van der Waals surface area contributed by atoms with Gasteiger partial charge in [-0.25, -0.2) is 0 Å². The van der Waals surface area contributed by atoms with Crippen molar-refractivity contribution in [3.8, 4) is 11.5 Å². The number of carbonyl (C=O) groups is 2. The molecule has 2 atom stereocenters. The summed E-state index contributed by atoms with van der Waals surface area (Å²) < 4.78 is 15.7. The van der Waals surface area contributed by atoms with Crippen LogP contribution in [0.1, 0.15) is 38.7 Å². The molecule has 6 heteroatoms. The zero-order chi connectivity index (χ0) is 19.8. The lowest BCUT2D eigenvalue weighted by Gasteiger charge is -2.37. The molecule has 1 saturated heterocycles. The molecule has 0 unspecified atom stereocenters. The zero-order valence-corrected chi connectivity index (χ0v) is 16.8. The predicted octanol–water partition coefficient (Wildman–Crippen LogP) is 3.07. The van der Waals surface area contributed by atoms with Crippen LogP contribution >= 0.6 is 0 Å². The average Bonchev–Trinajstić information content (AvgIpc) is 2.67. The largest absolute Gasteiger partial charge is 0.493 e. The minimum atomic E-state index is -0.201. The van der Waals surface area contributed by atoms with Crippen molar-refractivity contribution in [3.05, 3.63) is 23.8 Å². The molecular weight excluding hydrogens is 346 g/mol. The van der Waals surface area contributed by atoms with Gasteiger partial charge in [-0.05, 0) is 49.8 Å². The van der Waals surface area contributed by atoms with E-state index < -0.39 is 0 Å². The van der Waals surface area contributed by atoms with Gasteiger partial charge < -0.3 is 19.1 Å². The number of esters is 1. The molecule has 1 aromatic rings. The first-order valence-corrected chi connectivity index (χ1v) is 9.69. The SMILES string of the molecule is CCOC(=O)C[C@H]1CCN(CCc2ccc(OC)c(OC)c2)C(=O)[C@H]1CC. The molecule has 0 radical (unpaired) electrons. The summed E-state index contributed by atoms with van der Waals surface area (Å²) >= 11 is 0. The number of piperidine rings is 1. The molecule has 0 N–H and O–H groups in total. The lowest BCUT2D eigenvalue weighted by atomic mass is 9.81. The van der Waals surface area contributed by atoms with E-state index in [0.29, 0.717) is 37.6 Å². The van der Waals surface area contributed by atoms with Crippen LogP contribution in [0.5, 0.6) is 11.5 Å². The fourth-order valence-electron chi connectivity index (χ4n) is 3.78. The summed E-state index contributed by atoms with van der Waals surface area (Å²) in [6.45, 7) is 5.55. The Labute approximate surface area is 161 Å². The summed E-state index contributed by atoms with van der Waals surface area (Å²) in [4.78, 5) is 26.6. The van der Waals surface area contributed by atoms with E-state index in [4.69, 9.17) is 14.2 Å². The van der Waals surface area contributed by atoms with Crippen LogP contribution in [0, 0.1) is 11.8 Å². The maximum absolute atomic E-state index is 12.9. The third kappa shape index (κ3) is 5.37. The first kappa shape index (κ1) is 21.1. The molecule has 1 fully saturated rings. The van der Waals surface area contributed by atoms with Crippen molar-refractivity contribution >= 4 is 11.9 Å². The van der Waals surface area contributed by atoms with Crippen LogP contribution in [-0.4, -0.2) is 50.7 Å². The van der Waals surface area contributed by atoms with Crippen LogP contribution in [0.25, 0.3) is 0 Å². The molecule has 0 saturated carbocycles. The molecule has 27 heavy (non-hydrogen) atoms. The molecule has 0 bridgehead atoms. The second-order valence-corrected chi connectivity index (χ2v) is 6.84. The van der Waals surface area contributed by atoms with Gasteiger partial charge in [0.25, 0.3) is 0 Å². The van der Waals surface area contributed by atoms with Crippen molar-refractivity contribution in [2.75, 3.05) is 33.9 Å². The normalized spacial score (nSPS) is 19.7. The third-order valence-electron chi connectivity index (χ3n) is 5.26. The van der Waals surface area contributed by atoms with Gasteiger partial charge in [0.05, 0.1) is 20.8 Å². The van der Waals surface area contributed by atoms with E-state index >= 15 is 0 Å². The van der Waals surface area contributed by atoms with E-state index in [1.165, 1.54) is 0 Å². The van der Waals surface area contributed by atoms with Crippen LogP contribution in [-0.2, 0) is 20.7 Å². The quantitative estimate of drug-likeness (QED) is 0.619. The Kier molecular flexibility index (Phi) is 7.95. The molecule has 150 valence electrons. The van der Waals surface area contributed by atoms with Crippen molar-refractivity contribution in [2.45, 2.75) is 39.5 Å². The van der Waals surface area contributed by atoms with Crippen LogP contribution in [0.4, 0.5) is 0 Å². The highest BCUT2D eigenvalue weighted by atomic mass is 16.5. The molecule has 1 aliphatic rings. The number of nitrogens with zero attached hydrogens (tertiary/aromatic N) is 1. The number of carbonyl (C=O) groups excluding carboxylic acids is 2. The number of hydrogen-bond donors (Lipinski definition) is 0. The van der Waals surface area contributed by atoms with Crippen LogP contribution in [0.3, 0.4) is 0 Å². The minimum Gasteiger partial charge on any atom is -0.493 e. The molecule has 1 aromatic carbocycles. The molecule has 0 spiro atoms. The Balaban J connectivity index is 1.96. The number of hydrogen-bond acceptors (Lipinski definition) is 5. The highest BCUT2D eigenvalue weighted by molar-refractivity contribution is 5.81. The molecule has 1 aliphatic heterocycles. The molecule has 6 nitrogen and oxygen atoms in total. The lowest BCUT2D eigenvalue weighted by molar-refractivity contribution is -0.148. The van der Waals surface area contributed by atoms with E-state index in [9.17, 15) is 9.59 Å². The van der Waals surface area contributed by atoms with Gasteiger partial charge in [-0.1, -0.05) is 13.0 Å². The van der Waals surface area contributed by atoms with Gasteiger partial charge in [-0.15, -0.1) is 0 Å². The first-order chi connectivity index (χ1) is 13.0. The van der Waals surface area contributed by atoms with Gasteiger partial charge in [-0.2, -0.15) is 0 Å². The maximum Gasteiger partial charge on any atom is 0.306 e. The van der Waals surface area contributed by atoms with Crippen LogP contribution < -0.4 is 9.47 Å². The third-order valence-corrected chi connectivity index (χ3v) is 5.26. The molecule has 0 aliphatic carbocycles. The molecule has 1 heterocycles. The smallest absolute Gasteiger partial charge is 0.306 e. The lowest BCUT2D eigenvalue weighted by Crippen LogP contribution is -2.46. The monoisotopic (exact) mass is 377 g/mol. The van der Waals surface area contributed by atoms with E-state index in [-0.39, 0.29) is 23.7 Å². The minimum absolute atomic E-state index is 0.0823. The first-order valence-electron chi connectivity index (χ1n) is 9.69. The van der Waals surface area contributed by atoms with Crippen LogP contribution in [0.15, 0.2) is 18.2 Å². The second kappa shape index (κ2) is 10.2. The van der Waals surface area contributed by atoms with Crippen molar-refractivity contribution < 1.29 is 23.8 Å². The molecular formula is C21H31NO5. The van der Waals surface area contributed by atoms with Crippen molar-refractivity contribution in [2.24, 2.45) is 11.8 Å². The van der Waals surface area contributed by atoms with Crippen molar-refractivity contribution in [3.63, 3.8) is 0 Å². The number of methoxy groups -OCH3 is 2. The molecule has 2 rings (SSSR count). The van der Waals surface area contributed by atoms with E-state index in [1.54, 1.807) is 21.1 Å². The predicted molar refractivity (Wildman–Crippen MR) is 103 cm³/mol. The number of likely N-dealkylation sites (tertiary alicyclic amines) is 1. The van der Waals surface area contributed by atoms with Crippen LogP contribution in [0.2, 0.25) is 0 Å². The average molecular weight is 377 g/mol. The van der Waals surface area contributed by atoms with Crippen molar-refractivity contribution in [1.82, 2.24) is 4.90 Å². The molecule has 1 amide bonds. The summed E-state index contributed by atoms with van der Waals surface area (Å²) in [7, 11) is 3.23. The zero-order valence-electron chi connectivity index (χ0n) is 16.8. The fourth-order valence-corrected chi connectivity index (χ4v) is 3.78. The highest BCUT2D eigenvalue weighted by Gasteiger charge is 2.36. The Morgan fingerprint density at radius 2 is 1.93 bits per heavy atom. The van der Waals surface area contributed by atoms with Gasteiger partial charge in [0, 0.05) is 25.4 Å². The standard InChI is InChI=1S/C21H31NO5/c1-5-17-16(14-20(23)27-6-2)10-12-22(21(17)24)11-9-15-7-8-18(25-3)19(13-15)26-4/h7-8,13,16-17H,5-6,9-12,14H2,1-4H3/t16-,17+/m1/s1. The summed E-state index contributed by atoms with van der Waals surface area (Å²) in [6, 6.07) is 5.83. The van der Waals surface area contributed by atoms with Gasteiger partial charge in [-0.3, -0.25) is 9.59 Å². The van der Waals surface area contributed by atoms with Gasteiger partial charge in [0.1, 0.15) is 0 Å². The van der Waals surface area contributed by atoms with Gasteiger partial charge in [0.2, 0.25) is 5.91 Å². The summed E-state index contributed by atoms with van der Waals surface area (Å²) in [5.74, 6) is 1.32. The number of benzene rings is 1. The highest BCUT2D eigenvalue weighted by Crippen LogP contribution is 2.31. The van der Waals surface area contributed by atoms with E-state index in [1.807, 2.05) is 30.0 Å². The van der Waals surface area contributed by atoms with Gasteiger partial charge >= 0.3 is 5.97 Å². The Morgan fingerprint density at radius 3 is 2.56 bits per heavy atom. The maximum atomic E-state index is 12.9.